The molecule has 1 aromatic rings. The lowest BCUT2D eigenvalue weighted by Crippen LogP contribution is -2.50. The number of carbonyl (C=O) groups excluding carboxylic acids is 2. The van der Waals surface area contributed by atoms with E-state index in [0.29, 0.717) is 31.0 Å². The number of hydrogen-bond donors (Lipinski definition) is 1. The summed E-state index contributed by atoms with van der Waals surface area (Å²) in [7, 11) is 0. The normalized spacial score (nSPS) is 21.9. The Kier molecular flexibility index (Phi) is 4.47. The zero-order valence-corrected chi connectivity index (χ0v) is 13.1. The lowest BCUT2D eigenvalue weighted by Gasteiger charge is -2.36. The monoisotopic (exact) mass is 322 g/mol. The Labute approximate surface area is 134 Å². The van der Waals surface area contributed by atoms with Gasteiger partial charge in [0.25, 0.3) is 0 Å². The summed E-state index contributed by atoms with van der Waals surface area (Å²) in [5.41, 5.74) is 0. The van der Waals surface area contributed by atoms with Crippen LogP contribution in [0, 0.1) is 0 Å². The average molecular weight is 323 g/mol. The van der Waals surface area contributed by atoms with Gasteiger partial charge in [0.15, 0.2) is 0 Å². The first-order valence-corrected chi connectivity index (χ1v) is 7.94. The van der Waals surface area contributed by atoms with Crippen molar-refractivity contribution in [2.24, 2.45) is 0 Å². The van der Waals surface area contributed by atoms with Crippen LogP contribution in [-0.4, -0.2) is 53.9 Å². The van der Waals surface area contributed by atoms with Crippen molar-refractivity contribution in [2.75, 3.05) is 31.1 Å². The molecule has 6 nitrogen and oxygen atoms in total. The molecule has 2 amide bonds. The molecular weight excluding hydrogens is 304 g/mol. The molecule has 2 aliphatic heterocycles. The molecule has 0 radical (unpaired) electrons. The third kappa shape index (κ3) is 3.32. The highest BCUT2D eigenvalue weighted by Gasteiger charge is 2.28. The Morgan fingerprint density at radius 3 is 2.77 bits per heavy atom. The molecule has 0 aliphatic carbocycles. The van der Waals surface area contributed by atoms with Crippen LogP contribution in [0.15, 0.2) is 18.3 Å². The predicted octanol–water partition coefficient (Wildman–Crippen LogP) is 1.05. The van der Waals surface area contributed by atoms with Gasteiger partial charge in [0, 0.05) is 51.3 Å². The van der Waals surface area contributed by atoms with Crippen LogP contribution >= 0.6 is 11.6 Å². The number of hydrogen-bond acceptors (Lipinski definition) is 4. The molecule has 1 atom stereocenters. The maximum absolute atomic E-state index is 12.3. The summed E-state index contributed by atoms with van der Waals surface area (Å²) in [4.78, 5) is 31.7. The van der Waals surface area contributed by atoms with Crippen LogP contribution in [0.25, 0.3) is 0 Å². The number of amides is 2. The second-order valence-corrected chi connectivity index (χ2v) is 6.09. The van der Waals surface area contributed by atoms with Crippen LogP contribution in [0.5, 0.6) is 0 Å². The lowest BCUT2D eigenvalue weighted by atomic mass is 10.1. The van der Waals surface area contributed by atoms with Crippen LogP contribution in [0.3, 0.4) is 0 Å². The second kappa shape index (κ2) is 6.52. The molecule has 1 aromatic heterocycles. The van der Waals surface area contributed by atoms with Gasteiger partial charge in [-0.05, 0) is 18.6 Å². The SMILES string of the molecule is O=C1CCC(CC(=O)N2CCN(c3ncccc3Cl)CC2)N1. The minimum absolute atomic E-state index is 0.00302. The van der Waals surface area contributed by atoms with Crippen LogP contribution in [0.4, 0.5) is 5.82 Å². The van der Waals surface area contributed by atoms with Gasteiger partial charge in [0.2, 0.25) is 11.8 Å². The van der Waals surface area contributed by atoms with E-state index in [-0.39, 0.29) is 17.9 Å². The first kappa shape index (κ1) is 15.1. The van der Waals surface area contributed by atoms with Crippen molar-refractivity contribution in [1.29, 1.82) is 0 Å². The molecule has 2 fully saturated rings. The number of nitrogens with one attached hydrogen (secondary N) is 1. The van der Waals surface area contributed by atoms with Gasteiger partial charge in [0.1, 0.15) is 5.82 Å². The summed E-state index contributed by atoms with van der Waals surface area (Å²) in [5, 5.41) is 3.48. The van der Waals surface area contributed by atoms with Crippen molar-refractivity contribution in [3.05, 3.63) is 23.4 Å². The summed E-state index contributed by atoms with van der Waals surface area (Å²) in [5.74, 6) is 0.936. The van der Waals surface area contributed by atoms with Crippen molar-refractivity contribution in [2.45, 2.75) is 25.3 Å². The zero-order chi connectivity index (χ0) is 15.5. The largest absolute Gasteiger partial charge is 0.353 e. The minimum atomic E-state index is 0.00302. The van der Waals surface area contributed by atoms with Crippen LogP contribution in [0.2, 0.25) is 5.02 Å². The van der Waals surface area contributed by atoms with E-state index < -0.39 is 0 Å². The number of nitrogens with zero attached hydrogens (tertiary/aromatic N) is 3. The maximum Gasteiger partial charge on any atom is 0.224 e. The molecule has 22 heavy (non-hydrogen) atoms. The van der Waals surface area contributed by atoms with E-state index in [4.69, 9.17) is 11.6 Å². The molecule has 7 heteroatoms. The van der Waals surface area contributed by atoms with E-state index in [1.165, 1.54) is 0 Å². The molecule has 3 rings (SSSR count). The number of carbonyl (C=O) groups is 2. The minimum Gasteiger partial charge on any atom is -0.353 e. The van der Waals surface area contributed by atoms with E-state index in [0.717, 1.165) is 25.3 Å². The zero-order valence-electron chi connectivity index (χ0n) is 12.3. The fourth-order valence-electron chi connectivity index (χ4n) is 2.95. The van der Waals surface area contributed by atoms with Crippen molar-refractivity contribution in [1.82, 2.24) is 15.2 Å². The number of halogens is 1. The molecule has 3 heterocycles. The summed E-state index contributed by atoms with van der Waals surface area (Å²) in [6.45, 7) is 2.76. The Bertz CT molecular complexity index is 572. The molecule has 0 spiro atoms. The molecule has 0 aromatic carbocycles. The predicted molar refractivity (Wildman–Crippen MR) is 83.8 cm³/mol. The lowest BCUT2D eigenvalue weighted by molar-refractivity contribution is -0.132. The van der Waals surface area contributed by atoms with Crippen LogP contribution < -0.4 is 10.2 Å². The van der Waals surface area contributed by atoms with Crippen molar-refractivity contribution in [3.8, 4) is 0 Å². The average Bonchev–Trinajstić information content (AvgIpc) is 2.93. The Morgan fingerprint density at radius 2 is 2.14 bits per heavy atom. The van der Waals surface area contributed by atoms with Gasteiger partial charge >= 0.3 is 0 Å². The highest BCUT2D eigenvalue weighted by atomic mass is 35.5. The number of anilines is 1. The van der Waals surface area contributed by atoms with Gasteiger partial charge in [-0.25, -0.2) is 4.98 Å². The highest BCUT2D eigenvalue weighted by molar-refractivity contribution is 6.32. The van der Waals surface area contributed by atoms with E-state index in [9.17, 15) is 9.59 Å². The Balaban J connectivity index is 1.52. The first-order valence-electron chi connectivity index (χ1n) is 7.56. The standard InChI is InChI=1S/C15H19ClN4O2/c16-12-2-1-5-17-15(12)20-8-6-19(7-9-20)14(22)10-11-3-4-13(21)18-11/h1-2,5,11H,3-4,6-10H2,(H,18,21). The second-order valence-electron chi connectivity index (χ2n) is 5.68. The van der Waals surface area contributed by atoms with Crippen molar-refractivity contribution < 1.29 is 9.59 Å². The number of rotatable bonds is 3. The third-order valence-corrected chi connectivity index (χ3v) is 4.47. The summed E-state index contributed by atoms with van der Waals surface area (Å²) in [6, 6.07) is 3.63. The van der Waals surface area contributed by atoms with E-state index in [1.54, 1.807) is 6.20 Å². The highest BCUT2D eigenvalue weighted by Crippen LogP contribution is 2.23. The number of aromatic nitrogens is 1. The van der Waals surface area contributed by atoms with Crippen molar-refractivity contribution >= 4 is 29.2 Å². The Morgan fingerprint density at radius 1 is 1.36 bits per heavy atom. The van der Waals surface area contributed by atoms with Crippen LogP contribution in [0.1, 0.15) is 19.3 Å². The van der Waals surface area contributed by atoms with Gasteiger partial charge in [-0.2, -0.15) is 0 Å². The molecule has 2 aliphatic rings. The number of pyridine rings is 1. The van der Waals surface area contributed by atoms with E-state index in [1.807, 2.05) is 17.0 Å². The van der Waals surface area contributed by atoms with Gasteiger partial charge < -0.3 is 15.1 Å². The molecule has 1 unspecified atom stereocenters. The summed E-state index contributed by atoms with van der Waals surface area (Å²) in [6.07, 6.45) is 3.41. The van der Waals surface area contributed by atoms with Crippen LogP contribution in [-0.2, 0) is 9.59 Å². The molecular formula is C15H19ClN4O2. The quantitative estimate of drug-likeness (QED) is 0.903. The molecule has 118 valence electrons. The maximum atomic E-state index is 12.3. The summed E-state index contributed by atoms with van der Waals surface area (Å²) >= 11 is 6.16. The fourth-order valence-corrected chi connectivity index (χ4v) is 3.19. The van der Waals surface area contributed by atoms with Gasteiger partial charge in [-0.1, -0.05) is 11.6 Å². The fraction of sp³-hybridized carbons (Fsp3) is 0.533. The first-order chi connectivity index (χ1) is 10.6. The molecule has 0 saturated carbocycles. The molecule has 2 saturated heterocycles. The summed E-state index contributed by atoms with van der Waals surface area (Å²) < 4.78 is 0. The Hall–Kier alpha value is -1.82. The third-order valence-electron chi connectivity index (χ3n) is 4.18. The van der Waals surface area contributed by atoms with Crippen molar-refractivity contribution in [3.63, 3.8) is 0 Å². The topological polar surface area (TPSA) is 65.5 Å². The van der Waals surface area contributed by atoms with Gasteiger partial charge in [-0.3, -0.25) is 9.59 Å². The number of piperazine rings is 1. The molecule has 0 bridgehead atoms. The smallest absolute Gasteiger partial charge is 0.224 e. The van der Waals surface area contributed by atoms with E-state index in [2.05, 4.69) is 15.2 Å². The van der Waals surface area contributed by atoms with Gasteiger partial charge in [-0.15, -0.1) is 0 Å². The molecule has 1 N–H and O–H groups in total. The van der Waals surface area contributed by atoms with Gasteiger partial charge in [0.05, 0.1) is 5.02 Å². The van der Waals surface area contributed by atoms with E-state index >= 15 is 0 Å².